The largest absolute Gasteiger partial charge is 0.344 e. The highest BCUT2D eigenvalue weighted by Crippen LogP contribution is 2.24. The Morgan fingerprint density at radius 2 is 2.09 bits per heavy atom. The second-order valence-corrected chi connectivity index (χ2v) is 7.62. The molecule has 0 unspecified atom stereocenters. The molecule has 5 nitrogen and oxygen atoms in total. The number of piperazine rings is 1. The van der Waals surface area contributed by atoms with Crippen LogP contribution in [0.25, 0.3) is 4.96 Å². The van der Waals surface area contributed by atoms with Crippen molar-refractivity contribution in [1.29, 1.82) is 0 Å². The van der Waals surface area contributed by atoms with E-state index < -0.39 is 0 Å². The molecule has 1 fully saturated rings. The zero-order valence-corrected chi connectivity index (χ0v) is 14.2. The molecule has 1 aliphatic rings. The van der Waals surface area contributed by atoms with E-state index in [1.165, 1.54) is 11.3 Å². The zero-order valence-electron chi connectivity index (χ0n) is 12.6. The minimum Gasteiger partial charge on any atom is -0.344 e. The highest BCUT2D eigenvalue weighted by atomic mass is 32.1. The van der Waals surface area contributed by atoms with Gasteiger partial charge in [-0.25, -0.2) is 9.50 Å². The monoisotopic (exact) mass is 333 g/mol. The summed E-state index contributed by atoms with van der Waals surface area (Å²) in [5.41, 5.74) is 1.03. The predicted octanol–water partition coefficient (Wildman–Crippen LogP) is 2.53. The number of thiophene rings is 1. The fourth-order valence-corrected chi connectivity index (χ4v) is 4.49. The molecule has 0 amide bonds. The first kappa shape index (κ1) is 14.2. The van der Waals surface area contributed by atoms with Crippen LogP contribution in [-0.4, -0.2) is 52.2 Å². The van der Waals surface area contributed by atoms with Crippen LogP contribution >= 0.6 is 22.7 Å². The molecule has 0 radical (unpaired) electrons. The summed E-state index contributed by atoms with van der Waals surface area (Å²) in [6, 6.07) is 4.37. The van der Waals surface area contributed by atoms with E-state index in [1.54, 1.807) is 11.3 Å². The lowest BCUT2D eigenvalue weighted by atomic mass is 10.3. The summed E-state index contributed by atoms with van der Waals surface area (Å²) >= 11 is 3.55. The van der Waals surface area contributed by atoms with Crippen LogP contribution in [0.4, 0.5) is 5.13 Å². The van der Waals surface area contributed by atoms with Gasteiger partial charge in [0, 0.05) is 37.6 Å². The number of rotatable bonds is 4. The average Bonchev–Trinajstić information content (AvgIpc) is 3.21. The van der Waals surface area contributed by atoms with Gasteiger partial charge >= 0.3 is 0 Å². The van der Waals surface area contributed by atoms with Crippen molar-refractivity contribution in [2.45, 2.75) is 13.3 Å². The maximum absolute atomic E-state index is 4.65. The summed E-state index contributed by atoms with van der Waals surface area (Å²) in [5, 5.41) is 7.91. The smallest absolute Gasteiger partial charge is 0.214 e. The second-order valence-electron chi connectivity index (χ2n) is 5.65. The third-order valence-corrected chi connectivity index (χ3v) is 5.97. The van der Waals surface area contributed by atoms with E-state index in [0.717, 1.165) is 48.5 Å². The molecule has 1 saturated heterocycles. The minimum absolute atomic E-state index is 0.993. The van der Waals surface area contributed by atoms with Gasteiger partial charge in [-0.05, 0) is 24.8 Å². The van der Waals surface area contributed by atoms with E-state index in [9.17, 15) is 0 Å². The molecule has 7 heteroatoms. The number of aromatic nitrogens is 3. The third kappa shape index (κ3) is 2.88. The van der Waals surface area contributed by atoms with Crippen molar-refractivity contribution >= 4 is 32.8 Å². The van der Waals surface area contributed by atoms with Gasteiger partial charge in [0.15, 0.2) is 0 Å². The first-order chi connectivity index (χ1) is 10.8. The van der Waals surface area contributed by atoms with Crippen molar-refractivity contribution in [2.24, 2.45) is 0 Å². The average molecular weight is 333 g/mol. The molecule has 0 spiro atoms. The first-order valence-electron chi connectivity index (χ1n) is 7.60. The van der Waals surface area contributed by atoms with Crippen LogP contribution < -0.4 is 4.90 Å². The molecule has 1 aliphatic heterocycles. The molecular formula is C15H19N5S2. The van der Waals surface area contributed by atoms with Gasteiger partial charge in [-0.1, -0.05) is 17.4 Å². The Balaban J connectivity index is 1.33. The standard InChI is InChI=1S/C15H19N5S2/c1-12-11-20-14(16-12)22-15(17-20)19-8-6-18(7-9-19)5-4-13-3-2-10-21-13/h2-3,10-11H,4-9H2,1H3. The molecule has 4 rings (SSSR count). The van der Waals surface area contributed by atoms with Crippen molar-refractivity contribution in [2.75, 3.05) is 37.6 Å². The number of hydrogen-bond acceptors (Lipinski definition) is 6. The molecule has 3 aromatic rings. The Kier molecular flexibility index (Phi) is 3.85. The van der Waals surface area contributed by atoms with Crippen LogP contribution in [0.2, 0.25) is 0 Å². The molecule has 22 heavy (non-hydrogen) atoms. The number of aryl methyl sites for hydroxylation is 1. The van der Waals surface area contributed by atoms with E-state index >= 15 is 0 Å². The summed E-state index contributed by atoms with van der Waals surface area (Å²) in [5.74, 6) is 0. The highest BCUT2D eigenvalue weighted by Gasteiger charge is 2.20. The molecule has 0 aromatic carbocycles. The van der Waals surface area contributed by atoms with E-state index in [1.807, 2.05) is 29.0 Å². The Morgan fingerprint density at radius 1 is 1.23 bits per heavy atom. The van der Waals surface area contributed by atoms with Crippen LogP contribution in [-0.2, 0) is 6.42 Å². The molecule has 0 atom stereocenters. The fourth-order valence-electron chi connectivity index (χ4n) is 2.81. The molecule has 0 N–H and O–H groups in total. The van der Waals surface area contributed by atoms with Crippen LogP contribution in [0.15, 0.2) is 23.7 Å². The quantitative estimate of drug-likeness (QED) is 0.735. The normalized spacial score (nSPS) is 16.7. The molecule has 3 aromatic heterocycles. The summed E-state index contributed by atoms with van der Waals surface area (Å²) in [7, 11) is 0. The third-order valence-electron chi connectivity index (χ3n) is 4.05. The summed E-state index contributed by atoms with van der Waals surface area (Å²) in [6.45, 7) is 7.51. The molecule has 4 heterocycles. The Hall–Kier alpha value is -1.44. The van der Waals surface area contributed by atoms with Crippen LogP contribution in [0, 0.1) is 6.92 Å². The maximum Gasteiger partial charge on any atom is 0.214 e. The van der Waals surface area contributed by atoms with Gasteiger partial charge in [0.2, 0.25) is 10.1 Å². The van der Waals surface area contributed by atoms with E-state index in [-0.39, 0.29) is 0 Å². The van der Waals surface area contributed by atoms with Crippen LogP contribution in [0.3, 0.4) is 0 Å². The van der Waals surface area contributed by atoms with Crippen LogP contribution in [0.1, 0.15) is 10.6 Å². The van der Waals surface area contributed by atoms with Gasteiger partial charge in [0.25, 0.3) is 0 Å². The van der Waals surface area contributed by atoms with Gasteiger partial charge in [0.05, 0.1) is 11.9 Å². The first-order valence-corrected chi connectivity index (χ1v) is 9.30. The number of imidazole rings is 1. The van der Waals surface area contributed by atoms with Gasteiger partial charge < -0.3 is 4.90 Å². The molecule has 116 valence electrons. The summed E-state index contributed by atoms with van der Waals surface area (Å²) in [4.78, 5) is 11.9. The SMILES string of the molecule is Cc1cn2nc(N3CCN(CCc4cccs4)CC3)sc2n1. The minimum atomic E-state index is 0.993. The van der Waals surface area contributed by atoms with Crippen molar-refractivity contribution < 1.29 is 0 Å². The van der Waals surface area contributed by atoms with Crippen molar-refractivity contribution in [1.82, 2.24) is 19.5 Å². The van der Waals surface area contributed by atoms with E-state index in [4.69, 9.17) is 0 Å². The lowest BCUT2D eigenvalue weighted by molar-refractivity contribution is 0.261. The lowest BCUT2D eigenvalue weighted by Crippen LogP contribution is -2.47. The van der Waals surface area contributed by atoms with Gasteiger partial charge in [0.1, 0.15) is 0 Å². The maximum atomic E-state index is 4.65. The molecular weight excluding hydrogens is 314 g/mol. The summed E-state index contributed by atoms with van der Waals surface area (Å²) < 4.78 is 1.90. The van der Waals surface area contributed by atoms with Crippen molar-refractivity contribution in [3.05, 3.63) is 34.3 Å². The Morgan fingerprint density at radius 3 is 2.82 bits per heavy atom. The predicted molar refractivity (Wildman–Crippen MR) is 92.3 cm³/mol. The van der Waals surface area contributed by atoms with Crippen molar-refractivity contribution in [3.8, 4) is 0 Å². The highest BCUT2D eigenvalue weighted by molar-refractivity contribution is 7.20. The van der Waals surface area contributed by atoms with Crippen molar-refractivity contribution in [3.63, 3.8) is 0 Å². The number of nitrogens with zero attached hydrogens (tertiary/aromatic N) is 5. The Labute approximate surface area is 137 Å². The number of fused-ring (bicyclic) bond motifs is 1. The van der Waals surface area contributed by atoms with Gasteiger partial charge in [-0.3, -0.25) is 4.90 Å². The Bertz CT molecular complexity index is 706. The van der Waals surface area contributed by atoms with Gasteiger partial charge in [-0.15, -0.1) is 16.4 Å². The second kappa shape index (κ2) is 5.98. The topological polar surface area (TPSA) is 36.7 Å². The van der Waals surface area contributed by atoms with E-state index in [0.29, 0.717) is 0 Å². The molecule has 0 saturated carbocycles. The molecule has 0 aliphatic carbocycles. The van der Waals surface area contributed by atoms with Gasteiger partial charge in [-0.2, -0.15) is 0 Å². The van der Waals surface area contributed by atoms with Crippen LogP contribution in [0.5, 0.6) is 0 Å². The molecule has 0 bridgehead atoms. The summed E-state index contributed by atoms with van der Waals surface area (Å²) in [6.07, 6.45) is 3.16. The zero-order chi connectivity index (χ0) is 14.9. The fraction of sp³-hybridized carbons (Fsp3) is 0.467. The number of hydrogen-bond donors (Lipinski definition) is 0. The van der Waals surface area contributed by atoms with E-state index in [2.05, 4.69) is 37.4 Å². The lowest BCUT2D eigenvalue weighted by Gasteiger charge is -2.34. The number of anilines is 1.